The first-order valence-corrected chi connectivity index (χ1v) is 2.68. The average Bonchev–Trinajstić information content (AvgIpc) is 1.35. The lowest BCUT2D eigenvalue weighted by molar-refractivity contribution is 0.424. The third kappa shape index (κ3) is 4.61. The topological polar surface area (TPSA) is 9.23 Å². The summed E-state index contributed by atoms with van der Waals surface area (Å²) in [5.74, 6) is 0. The van der Waals surface area contributed by atoms with Crippen molar-refractivity contribution in [3.8, 4) is 0 Å². The Bertz CT molecular complexity index is 54.8. The van der Waals surface area contributed by atoms with Crippen LogP contribution in [0.5, 0.6) is 0 Å². The Kier molecular flexibility index (Phi) is 4.17. The van der Waals surface area contributed by atoms with E-state index in [0.717, 1.165) is 4.48 Å². The molecule has 1 unspecified atom stereocenters. The van der Waals surface area contributed by atoms with Crippen LogP contribution in [0.4, 0.5) is 0 Å². The van der Waals surface area contributed by atoms with E-state index in [1.807, 2.05) is 0 Å². The second kappa shape index (κ2) is 3.79. The molecule has 0 spiro atoms. The highest BCUT2D eigenvalue weighted by molar-refractivity contribution is 9.11. The summed E-state index contributed by atoms with van der Waals surface area (Å²) in [5.41, 5.74) is 0. The minimum atomic E-state index is 0.560. The first-order valence-electron chi connectivity index (χ1n) is 1.42. The highest BCUT2D eigenvalue weighted by Crippen LogP contribution is 2.01. The van der Waals surface area contributed by atoms with Gasteiger partial charge < -0.3 is 4.52 Å². The second-order valence-corrected chi connectivity index (χ2v) is 2.28. The van der Waals surface area contributed by atoms with Gasteiger partial charge in [-0.1, -0.05) is 22.5 Å². The molecule has 0 N–H and O–H groups in total. The highest BCUT2D eigenvalue weighted by Gasteiger charge is 1.78. The molecule has 0 aliphatic heterocycles. The molecule has 0 bridgehead atoms. The second-order valence-electron chi connectivity index (χ2n) is 0.828. The van der Waals surface area contributed by atoms with Gasteiger partial charge in [0.25, 0.3) is 0 Å². The van der Waals surface area contributed by atoms with Crippen LogP contribution in [0.1, 0.15) is 0 Å². The third-order valence-electron chi connectivity index (χ3n) is 0.240. The predicted octanol–water partition coefficient (Wildman–Crippen LogP) is 1.70. The van der Waals surface area contributed by atoms with Gasteiger partial charge >= 0.3 is 0 Å². The molecule has 0 amide bonds. The molecular weight excluding hydrogens is 163 g/mol. The molecule has 0 rings (SSSR count). The molecule has 3 heteroatoms. The van der Waals surface area contributed by atoms with Crippen molar-refractivity contribution in [2.24, 2.45) is 0 Å². The van der Waals surface area contributed by atoms with E-state index < -0.39 is 0 Å². The lowest BCUT2D eigenvalue weighted by Crippen LogP contribution is -1.76. The van der Waals surface area contributed by atoms with Crippen LogP contribution >= 0.6 is 25.4 Å². The van der Waals surface area contributed by atoms with Crippen LogP contribution in [0.25, 0.3) is 0 Å². The van der Waals surface area contributed by atoms with Crippen molar-refractivity contribution in [1.29, 1.82) is 0 Å². The fraction of sp³-hybridized carbons (Fsp3) is 0.333. The molecule has 0 fully saturated rings. The van der Waals surface area contributed by atoms with Crippen LogP contribution in [0.2, 0.25) is 0 Å². The summed E-state index contributed by atoms with van der Waals surface area (Å²) in [6.07, 6.45) is 0. The Morgan fingerprint density at radius 1 is 2.00 bits per heavy atom. The zero-order chi connectivity index (χ0) is 4.99. The molecule has 6 heavy (non-hydrogen) atoms. The summed E-state index contributed by atoms with van der Waals surface area (Å²) in [6.45, 7) is 4.08. The van der Waals surface area contributed by atoms with E-state index in [9.17, 15) is 0 Å². The maximum absolute atomic E-state index is 4.57. The molecule has 0 saturated carbocycles. The van der Waals surface area contributed by atoms with Gasteiger partial charge in [0.1, 0.15) is 0 Å². The summed E-state index contributed by atoms with van der Waals surface area (Å²) < 4.78 is 5.43. The molecule has 0 heterocycles. The van der Waals surface area contributed by atoms with Crippen molar-refractivity contribution in [3.63, 3.8) is 0 Å². The summed E-state index contributed by atoms with van der Waals surface area (Å²) in [5, 5.41) is 0. The van der Waals surface area contributed by atoms with Crippen molar-refractivity contribution in [1.82, 2.24) is 0 Å². The number of hydrogen-bond acceptors (Lipinski definition) is 1. The van der Waals surface area contributed by atoms with E-state index in [-0.39, 0.29) is 0 Å². The van der Waals surface area contributed by atoms with Crippen molar-refractivity contribution in [2.45, 2.75) is 0 Å². The van der Waals surface area contributed by atoms with Gasteiger partial charge in [-0.25, -0.2) is 0 Å². The minimum absolute atomic E-state index is 0.560. The van der Waals surface area contributed by atoms with Gasteiger partial charge in [-0.3, -0.25) is 0 Å². The van der Waals surface area contributed by atoms with Crippen molar-refractivity contribution in [2.75, 3.05) is 6.61 Å². The summed E-state index contributed by atoms with van der Waals surface area (Å²) in [4.78, 5) is 0. The molecule has 0 aromatic rings. The Labute approximate surface area is 48.2 Å². The lowest BCUT2D eigenvalue weighted by atomic mass is 10.7. The molecule has 0 aliphatic carbocycles. The average molecular weight is 169 g/mol. The van der Waals surface area contributed by atoms with Gasteiger partial charge in [0.05, 0.1) is 6.61 Å². The molecule has 0 radical (unpaired) electrons. The Hall–Kier alpha value is 0.610. The minimum Gasteiger partial charge on any atom is -0.360 e. The summed E-state index contributed by atoms with van der Waals surface area (Å²) >= 11 is 3.10. The predicted molar refractivity (Wildman–Crippen MR) is 33.7 cm³/mol. The SMILES string of the molecule is C=C(Br)COP. The zero-order valence-electron chi connectivity index (χ0n) is 3.28. The largest absolute Gasteiger partial charge is 0.360 e. The number of hydrogen-bond donors (Lipinski definition) is 0. The van der Waals surface area contributed by atoms with Crippen molar-refractivity contribution >= 4 is 25.4 Å². The maximum atomic E-state index is 4.57. The molecule has 1 nitrogen and oxygen atoms in total. The Balaban J connectivity index is 2.83. The van der Waals surface area contributed by atoms with E-state index in [0.29, 0.717) is 6.61 Å². The van der Waals surface area contributed by atoms with E-state index >= 15 is 0 Å². The van der Waals surface area contributed by atoms with E-state index in [4.69, 9.17) is 0 Å². The highest BCUT2D eigenvalue weighted by atomic mass is 79.9. The van der Waals surface area contributed by atoms with Crippen LogP contribution in [-0.2, 0) is 4.52 Å². The summed E-state index contributed by atoms with van der Waals surface area (Å²) in [7, 11) is 2.13. The number of rotatable bonds is 2. The Morgan fingerprint density at radius 3 is 2.50 bits per heavy atom. The lowest BCUT2D eigenvalue weighted by Gasteiger charge is -1.88. The Morgan fingerprint density at radius 2 is 2.50 bits per heavy atom. The fourth-order valence-electron chi connectivity index (χ4n) is 0.0904. The van der Waals surface area contributed by atoms with Crippen LogP contribution < -0.4 is 0 Å². The van der Waals surface area contributed by atoms with Crippen LogP contribution in [0.15, 0.2) is 11.1 Å². The normalized spacial score (nSPS) is 8.33. The molecule has 0 saturated heterocycles. The molecule has 36 valence electrons. The van der Waals surface area contributed by atoms with E-state index in [1.54, 1.807) is 0 Å². The standard InChI is InChI=1S/C3H6BrOP/c1-3(4)2-5-6/h1-2,6H2. The molecule has 0 aromatic heterocycles. The van der Waals surface area contributed by atoms with Crippen molar-refractivity contribution < 1.29 is 4.52 Å². The van der Waals surface area contributed by atoms with E-state index in [2.05, 4.69) is 36.5 Å². The molecule has 0 aliphatic rings. The van der Waals surface area contributed by atoms with Crippen LogP contribution in [0.3, 0.4) is 0 Å². The van der Waals surface area contributed by atoms with Crippen LogP contribution in [-0.4, -0.2) is 6.61 Å². The third-order valence-corrected chi connectivity index (χ3v) is 0.636. The van der Waals surface area contributed by atoms with Gasteiger partial charge in [-0.05, 0) is 0 Å². The fourth-order valence-corrected chi connectivity index (χ4v) is 0.668. The van der Waals surface area contributed by atoms with Gasteiger partial charge in [0.2, 0.25) is 0 Å². The zero-order valence-corrected chi connectivity index (χ0v) is 6.02. The molecule has 1 atom stereocenters. The van der Waals surface area contributed by atoms with Gasteiger partial charge in [0, 0.05) is 13.9 Å². The van der Waals surface area contributed by atoms with E-state index in [1.165, 1.54) is 0 Å². The van der Waals surface area contributed by atoms with Gasteiger partial charge in [-0.15, -0.1) is 0 Å². The number of halogens is 1. The van der Waals surface area contributed by atoms with Crippen LogP contribution in [0, 0.1) is 0 Å². The maximum Gasteiger partial charge on any atom is 0.0811 e. The smallest absolute Gasteiger partial charge is 0.0811 e. The van der Waals surface area contributed by atoms with Gasteiger partial charge in [-0.2, -0.15) is 0 Å². The van der Waals surface area contributed by atoms with Crippen molar-refractivity contribution in [3.05, 3.63) is 11.1 Å². The van der Waals surface area contributed by atoms with Gasteiger partial charge in [0.15, 0.2) is 0 Å². The quantitative estimate of drug-likeness (QED) is 0.571. The summed E-state index contributed by atoms with van der Waals surface area (Å²) in [6, 6.07) is 0. The monoisotopic (exact) mass is 168 g/mol. The molecular formula is C3H6BrOP. The first-order chi connectivity index (χ1) is 2.77. The first kappa shape index (κ1) is 6.61. The molecule has 0 aromatic carbocycles.